The van der Waals surface area contributed by atoms with Crippen LogP contribution < -0.4 is 0 Å². The number of halogens is 1. The van der Waals surface area contributed by atoms with Gasteiger partial charge in [-0.3, -0.25) is 20.2 Å². The van der Waals surface area contributed by atoms with Crippen LogP contribution in [0.4, 0.5) is 11.4 Å². The molecule has 4 heterocycles. The maximum absolute atomic E-state index is 11.1. The maximum Gasteiger partial charge on any atom is 0.278 e. The van der Waals surface area contributed by atoms with E-state index in [1.165, 1.54) is 12.1 Å². The molecule has 1 N–H and O–H groups in total. The molecule has 0 saturated carbocycles. The molecule has 6 aromatic rings. The Morgan fingerprint density at radius 1 is 0.675 bits per heavy atom. The predicted octanol–water partition coefficient (Wildman–Crippen LogP) is 6.05. The number of pyridine rings is 2. The molecule has 4 aromatic heterocycles. The van der Waals surface area contributed by atoms with E-state index in [1.54, 1.807) is 53.1 Å². The van der Waals surface area contributed by atoms with Crippen LogP contribution in [-0.2, 0) is 12.5 Å². The number of fused-ring (bicyclic) bond motifs is 2. The molecule has 200 valence electrons. The maximum atomic E-state index is 11.1. The summed E-state index contributed by atoms with van der Waals surface area (Å²) in [4.78, 5) is 30.3. The molecule has 0 radical (unpaired) electrons. The summed E-state index contributed by atoms with van der Waals surface area (Å²) < 4.78 is 3.57. The monoisotopic (exact) mass is 556 g/mol. The van der Waals surface area contributed by atoms with Crippen LogP contribution in [-0.4, -0.2) is 33.7 Å². The number of aliphatic hydroxyl groups is 1. The van der Waals surface area contributed by atoms with E-state index in [1.807, 2.05) is 40.9 Å². The summed E-state index contributed by atoms with van der Waals surface area (Å²) >= 11 is 6.00. The molecule has 6 rings (SSSR count). The molecule has 0 unspecified atom stereocenters. The van der Waals surface area contributed by atoms with Gasteiger partial charge in [-0.25, -0.2) is 9.97 Å². The highest BCUT2D eigenvalue weighted by molar-refractivity contribution is 6.17. The first-order chi connectivity index (χ1) is 19.4. The van der Waals surface area contributed by atoms with Gasteiger partial charge >= 0.3 is 0 Å². The number of para-hydroxylation sites is 2. The van der Waals surface area contributed by atoms with Crippen LogP contribution >= 0.6 is 11.6 Å². The van der Waals surface area contributed by atoms with Crippen molar-refractivity contribution in [3.63, 3.8) is 0 Å². The van der Waals surface area contributed by atoms with Crippen molar-refractivity contribution in [2.75, 3.05) is 0 Å². The fourth-order valence-electron chi connectivity index (χ4n) is 4.47. The van der Waals surface area contributed by atoms with E-state index in [9.17, 15) is 25.3 Å². The van der Waals surface area contributed by atoms with E-state index in [2.05, 4.69) is 9.97 Å². The van der Waals surface area contributed by atoms with E-state index in [4.69, 9.17) is 11.6 Å². The van der Waals surface area contributed by atoms with Crippen LogP contribution in [0, 0.1) is 20.2 Å². The molecule has 0 spiro atoms. The topological polar surface area (TPSA) is 141 Å². The Morgan fingerprint density at radius 3 is 1.55 bits per heavy atom. The Kier molecular flexibility index (Phi) is 7.49. The van der Waals surface area contributed by atoms with Gasteiger partial charge in [0, 0.05) is 24.5 Å². The third-order valence-corrected chi connectivity index (χ3v) is 6.50. The number of aliphatic hydroxyl groups excluding tert-OH is 1. The van der Waals surface area contributed by atoms with Crippen LogP contribution in [0.5, 0.6) is 0 Å². The molecule has 12 heteroatoms. The molecule has 0 bridgehead atoms. The van der Waals surface area contributed by atoms with E-state index in [0.29, 0.717) is 33.9 Å². The van der Waals surface area contributed by atoms with Gasteiger partial charge in [-0.15, -0.1) is 11.6 Å². The highest BCUT2D eigenvalue weighted by Gasteiger charge is 2.22. The van der Waals surface area contributed by atoms with Crippen molar-refractivity contribution in [3.05, 3.63) is 129 Å². The lowest BCUT2D eigenvalue weighted by Crippen LogP contribution is -1.96. The third kappa shape index (κ3) is 4.86. The van der Waals surface area contributed by atoms with Crippen molar-refractivity contribution in [1.29, 1.82) is 0 Å². The SMILES string of the molecule is O=[N+]([O-])c1ccccc1-c1nc2ccccn2c1CCl.O=[N+]([O-])c1ccccc1-c1nc2ccccn2c1CO. The van der Waals surface area contributed by atoms with Crippen molar-refractivity contribution >= 4 is 34.3 Å². The van der Waals surface area contributed by atoms with Crippen molar-refractivity contribution in [2.24, 2.45) is 0 Å². The first kappa shape index (κ1) is 26.5. The van der Waals surface area contributed by atoms with Crippen molar-refractivity contribution < 1.29 is 15.0 Å². The number of nitro benzene ring substituents is 2. The summed E-state index contributed by atoms with van der Waals surface area (Å²) in [5.74, 6) is 0.229. The molecule has 0 atom stereocenters. The lowest BCUT2D eigenvalue weighted by atomic mass is 10.1. The molecule has 0 fully saturated rings. The minimum Gasteiger partial charge on any atom is -0.390 e. The fourth-order valence-corrected chi connectivity index (χ4v) is 4.72. The Labute approximate surface area is 231 Å². The largest absolute Gasteiger partial charge is 0.390 e. The molecule has 2 aromatic carbocycles. The molecular weight excluding hydrogens is 536 g/mol. The minimum atomic E-state index is -0.444. The first-order valence-corrected chi connectivity index (χ1v) is 12.5. The van der Waals surface area contributed by atoms with Gasteiger partial charge in [0.25, 0.3) is 11.4 Å². The van der Waals surface area contributed by atoms with Crippen LogP contribution in [0.1, 0.15) is 11.4 Å². The standard InChI is InChI=1S/C14H10ClN3O2.C14H11N3O3/c15-9-12-14(16-13-7-3-4-8-17(12)13)10-5-1-2-6-11(10)18(19)20;18-9-12-14(15-13-7-3-4-8-16(12)13)10-5-1-2-6-11(10)17(19)20/h1-8H,9H2;1-8,18H,9H2. The highest BCUT2D eigenvalue weighted by atomic mass is 35.5. The van der Waals surface area contributed by atoms with Gasteiger partial charge in [-0.05, 0) is 36.4 Å². The zero-order valence-corrected chi connectivity index (χ0v) is 21.5. The number of benzene rings is 2. The number of aromatic nitrogens is 4. The number of nitro groups is 2. The molecule has 0 aliphatic carbocycles. The quantitative estimate of drug-likeness (QED) is 0.149. The zero-order chi connectivity index (χ0) is 28.2. The molecule has 0 amide bonds. The Bertz CT molecular complexity index is 1730. The van der Waals surface area contributed by atoms with E-state index < -0.39 is 9.85 Å². The molecular formula is C28H21ClN6O5. The average molecular weight is 557 g/mol. The van der Waals surface area contributed by atoms with Gasteiger partial charge in [0.15, 0.2) is 0 Å². The number of rotatable bonds is 6. The number of alkyl halides is 1. The molecule has 0 aliphatic heterocycles. The lowest BCUT2D eigenvalue weighted by molar-refractivity contribution is -0.384. The molecule has 0 aliphatic rings. The second-order valence-corrected chi connectivity index (χ2v) is 8.78. The number of hydrogen-bond acceptors (Lipinski definition) is 7. The number of imidazole rings is 2. The van der Waals surface area contributed by atoms with Gasteiger partial charge in [0.2, 0.25) is 0 Å². The van der Waals surface area contributed by atoms with Crippen LogP contribution in [0.2, 0.25) is 0 Å². The summed E-state index contributed by atoms with van der Waals surface area (Å²) in [5.41, 5.74) is 4.53. The molecule has 11 nitrogen and oxygen atoms in total. The molecule has 0 saturated heterocycles. The smallest absolute Gasteiger partial charge is 0.278 e. The van der Waals surface area contributed by atoms with Crippen LogP contribution in [0.3, 0.4) is 0 Å². The van der Waals surface area contributed by atoms with E-state index >= 15 is 0 Å². The van der Waals surface area contributed by atoms with Gasteiger partial charge in [0.05, 0.1) is 44.8 Å². The van der Waals surface area contributed by atoms with E-state index in [-0.39, 0.29) is 23.9 Å². The van der Waals surface area contributed by atoms with Crippen molar-refractivity contribution in [2.45, 2.75) is 12.5 Å². The first-order valence-electron chi connectivity index (χ1n) is 12.0. The molecule has 40 heavy (non-hydrogen) atoms. The Balaban J connectivity index is 0.000000161. The highest BCUT2D eigenvalue weighted by Crippen LogP contribution is 2.33. The zero-order valence-electron chi connectivity index (χ0n) is 20.8. The van der Waals surface area contributed by atoms with Crippen LogP contribution in [0.25, 0.3) is 33.8 Å². The number of nitrogens with zero attached hydrogens (tertiary/aromatic N) is 6. The second kappa shape index (κ2) is 11.3. The fraction of sp³-hybridized carbons (Fsp3) is 0.0714. The van der Waals surface area contributed by atoms with Crippen molar-refractivity contribution in [1.82, 2.24) is 18.8 Å². The van der Waals surface area contributed by atoms with E-state index in [0.717, 1.165) is 11.3 Å². The normalized spacial score (nSPS) is 10.8. The third-order valence-electron chi connectivity index (χ3n) is 6.25. The number of hydrogen-bond donors (Lipinski definition) is 1. The Hall–Kier alpha value is -5.13. The summed E-state index contributed by atoms with van der Waals surface area (Å²) in [6.45, 7) is -0.243. The summed E-state index contributed by atoms with van der Waals surface area (Å²) in [7, 11) is 0. The minimum absolute atomic E-state index is 0.0226. The summed E-state index contributed by atoms with van der Waals surface area (Å²) in [5, 5.41) is 31.8. The van der Waals surface area contributed by atoms with Gasteiger partial charge in [0.1, 0.15) is 22.7 Å². The summed E-state index contributed by atoms with van der Waals surface area (Å²) in [6, 6.07) is 23.9. The Morgan fingerprint density at radius 2 is 1.10 bits per heavy atom. The lowest BCUT2D eigenvalue weighted by Gasteiger charge is -2.02. The average Bonchev–Trinajstić information content (AvgIpc) is 3.55. The van der Waals surface area contributed by atoms with Crippen LogP contribution in [0.15, 0.2) is 97.3 Å². The predicted molar refractivity (Wildman–Crippen MR) is 150 cm³/mol. The van der Waals surface area contributed by atoms with Gasteiger partial charge in [-0.2, -0.15) is 0 Å². The van der Waals surface area contributed by atoms with Crippen molar-refractivity contribution in [3.8, 4) is 22.5 Å². The summed E-state index contributed by atoms with van der Waals surface area (Å²) in [6.07, 6.45) is 3.62. The van der Waals surface area contributed by atoms with Gasteiger partial charge < -0.3 is 13.9 Å². The second-order valence-electron chi connectivity index (χ2n) is 8.51. The van der Waals surface area contributed by atoms with Gasteiger partial charge in [-0.1, -0.05) is 36.4 Å².